The Kier molecular flexibility index (Phi) is 5.03. The van der Waals surface area contributed by atoms with Gasteiger partial charge in [0.05, 0.1) is 0 Å². The number of rotatable bonds is 5. The van der Waals surface area contributed by atoms with Crippen molar-refractivity contribution in [3.63, 3.8) is 0 Å². The van der Waals surface area contributed by atoms with Crippen LogP contribution in [-0.2, 0) is 6.42 Å². The number of benzene rings is 2. The van der Waals surface area contributed by atoms with Gasteiger partial charge in [-0.05, 0) is 28.8 Å². The summed E-state index contributed by atoms with van der Waals surface area (Å²) in [7, 11) is -1.13. The Hall–Kier alpha value is -1.05. The minimum Gasteiger partial charge on any atom is -0.156 e. The molecular formula is C16H18ClSi. The van der Waals surface area contributed by atoms with E-state index in [2.05, 4.69) is 55.5 Å². The Morgan fingerprint density at radius 2 is 1.61 bits per heavy atom. The minimum atomic E-state index is -1.13. The molecule has 2 rings (SSSR count). The standard InChI is InChI=1S/C16H18ClSi/c1-2-3-9-14-10-7-8-13-16(14)18(17)15-11-5-4-6-12-15/h4-8,10-13H,2-3,9H2,1H3. The molecule has 0 aliphatic carbocycles. The van der Waals surface area contributed by atoms with Gasteiger partial charge in [-0.2, -0.15) is 11.1 Å². The molecule has 0 amide bonds. The smallest absolute Gasteiger partial charge is 0.156 e. The van der Waals surface area contributed by atoms with Crippen molar-refractivity contribution in [2.45, 2.75) is 26.2 Å². The van der Waals surface area contributed by atoms with Gasteiger partial charge in [0.2, 0.25) is 8.11 Å². The van der Waals surface area contributed by atoms with Crippen LogP contribution in [0.3, 0.4) is 0 Å². The van der Waals surface area contributed by atoms with Gasteiger partial charge in [0, 0.05) is 0 Å². The largest absolute Gasteiger partial charge is 0.234 e. The van der Waals surface area contributed by atoms with Crippen LogP contribution in [0, 0.1) is 0 Å². The quantitative estimate of drug-likeness (QED) is 0.579. The predicted molar refractivity (Wildman–Crippen MR) is 82.4 cm³/mol. The third-order valence-corrected chi connectivity index (χ3v) is 6.15. The monoisotopic (exact) mass is 273 g/mol. The third-order valence-electron chi connectivity index (χ3n) is 3.08. The van der Waals surface area contributed by atoms with E-state index in [4.69, 9.17) is 11.1 Å². The van der Waals surface area contributed by atoms with Crippen LogP contribution in [-0.4, -0.2) is 8.11 Å². The van der Waals surface area contributed by atoms with Gasteiger partial charge >= 0.3 is 0 Å². The summed E-state index contributed by atoms with van der Waals surface area (Å²) in [5.74, 6) is 0. The summed E-state index contributed by atoms with van der Waals surface area (Å²) in [4.78, 5) is 0. The van der Waals surface area contributed by atoms with E-state index in [0.29, 0.717) is 0 Å². The van der Waals surface area contributed by atoms with E-state index < -0.39 is 8.11 Å². The van der Waals surface area contributed by atoms with Crippen molar-refractivity contribution in [3.05, 3.63) is 60.2 Å². The van der Waals surface area contributed by atoms with Crippen LogP contribution in [0.1, 0.15) is 25.3 Å². The molecule has 0 bridgehead atoms. The average Bonchev–Trinajstić information content (AvgIpc) is 2.45. The number of hydrogen-bond acceptors (Lipinski definition) is 0. The van der Waals surface area contributed by atoms with E-state index in [1.54, 1.807) is 0 Å². The molecule has 0 N–H and O–H groups in total. The van der Waals surface area contributed by atoms with E-state index in [-0.39, 0.29) is 0 Å². The van der Waals surface area contributed by atoms with Gasteiger partial charge in [-0.25, -0.2) is 0 Å². The van der Waals surface area contributed by atoms with Crippen molar-refractivity contribution in [1.29, 1.82) is 0 Å². The number of hydrogen-bond donors (Lipinski definition) is 0. The Bertz CT molecular complexity index is 481. The first-order chi connectivity index (χ1) is 8.83. The van der Waals surface area contributed by atoms with Crippen LogP contribution in [0.4, 0.5) is 0 Å². The van der Waals surface area contributed by atoms with E-state index in [1.165, 1.54) is 28.8 Å². The van der Waals surface area contributed by atoms with Crippen LogP contribution >= 0.6 is 11.1 Å². The molecule has 2 heteroatoms. The Morgan fingerprint density at radius 1 is 0.944 bits per heavy atom. The molecule has 0 aromatic heterocycles. The van der Waals surface area contributed by atoms with Crippen LogP contribution < -0.4 is 10.4 Å². The molecule has 0 unspecified atom stereocenters. The highest BCUT2D eigenvalue weighted by Gasteiger charge is 2.16. The van der Waals surface area contributed by atoms with E-state index >= 15 is 0 Å². The molecule has 93 valence electrons. The molecule has 0 atom stereocenters. The van der Waals surface area contributed by atoms with E-state index in [0.717, 1.165) is 6.42 Å². The fourth-order valence-electron chi connectivity index (χ4n) is 2.06. The highest BCUT2D eigenvalue weighted by molar-refractivity contribution is 7.21. The molecule has 1 radical (unpaired) electrons. The summed E-state index contributed by atoms with van der Waals surface area (Å²) in [5, 5.41) is 2.62. The average molecular weight is 274 g/mol. The lowest BCUT2D eigenvalue weighted by molar-refractivity contribution is 0.798. The first kappa shape index (κ1) is 13.4. The SMILES string of the molecule is CCCCc1ccccc1[Si](Cl)c1ccccc1. The van der Waals surface area contributed by atoms with Gasteiger partial charge < -0.3 is 0 Å². The summed E-state index contributed by atoms with van der Waals surface area (Å²) in [6.45, 7) is 2.23. The van der Waals surface area contributed by atoms with Crippen molar-refractivity contribution in [3.8, 4) is 0 Å². The summed E-state index contributed by atoms with van der Waals surface area (Å²) in [5.41, 5.74) is 1.42. The zero-order valence-corrected chi connectivity index (χ0v) is 12.5. The van der Waals surface area contributed by atoms with Gasteiger partial charge in [-0.15, -0.1) is 0 Å². The zero-order valence-electron chi connectivity index (χ0n) is 10.7. The van der Waals surface area contributed by atoms with Gasteiger partial charge in [-0.1, -0.05) is 67.9 Å². The Labute approximate surface area is 116 Å². The van der Waals surface area contributed by atoms with Crippen LogP contribution in [0.15, 0.2) is 54.6 Å². The predicted octanol–water partition coefficient (Wildman–Crippen LogP) is 3.37. The fourth-order valence-corrected chi connectivity index (χ4v) is 4.52. The van der Waals surface area contributed by atoms with Gasteiger partial charge in [0.1, 0.15) is 0 Å². The molecule has 0 saturated heterocycles. The Balaban J connectivity index is 2.27. The lowest BCUT2D eigenvalue weighted by Crippen LogP contribution is -2.39. The molecule has 2 aromatic rings. The molecule has 0 aliphatic rings. The molecule has 0 nitrogen and oxygen atoms in total. The van der Waals surface area contributed by atoms with Gasteiger partial charge in [0.25, 0.3) is 0 Å². The first-order valence-electron chi connectivity index (χ1n) is 6.49. The molecule has 18 heavy (non-hydrogen) atoms. The van der Waals surface area contributed by atoms with Crippen LogP contribution in [0.2, 0.25) is 0 Å². The zero-order chi connectivity index (χ0) is 12.8. The molecule has 0 fully saturated rings. The summed E-state index contributed by atoms with van der Waals surface area (Å²) in [6, 6.07) is 19.1. The fraction of sp³-hybridized carbons (Fsp3) is 0.250. The second kappa shape index (κ2) is 6.77. The van der Waals surface area contributed by atoms with Crippen LogP contribution in [0.5, 0.6) is 0 Å². The molecule has 2 aromatic carbocycles. The number of unbranched alkanes of at least 4 members (excludes halogenated alkanes) is 1. The lowest BCUT2D eigenvalue weighted by Gasteiger charge is -2.13. The van der Waals surface area contributed by atoms with Gasteiger partial charge in [0.15, 0.2) is 0 Å². The summed E-state index contributed by atoms with van der Waals surface area (Å²) >= 11 is 6.72. The molecule has 0 saturated carbocycles. The second-order valence-electron chi connectivity index (χ2n) is 4.44. The molecular weight excluding hydrogens is 256 g/mol. The third kappa shape index (κ3) is 3.24. The number of aryl methyl sites for hydroxylation is 1. The number of halogens is 1. The minimum absolute atomic E-state index is 1.13. The maximum atomic E-state index is 6.72. The van der Waals surface area contributed by atoms with E-state index in [9.17, 15) is 0 Å². The topological polar surface area (TPSA) is 0 Å². The van der Waals surface area contributed by atoms with Crippen molar-refractivity contribution in [2.75, 3.05) is 0 Å². The maximum Gasteiger partial charge on any atom is 0.234 e. The highest BCUT2D eigenvalue weighted by Crippen LogP contribution is 2.06. The van der Waals surface area contributed by atoms with Gasteiger partial charge in [-0.3, -0.25) is 0 Å². The highest BCUT2D eigenvalue weighted by atomic mass is 35.6. The molecule has 0 heterocycles. The first-order valence-corrected chi connectivity index (χ1v) is 9.00. The van der Waals surface area contributed by atoms with Crippen molar-refractivity contribution < 1.29 is 0 Å². The molecule has 0 aliphatic heterocycles. The van der Waals surface area contributed by atoms with Crippen LogP contribution in [0.25, 0.3) is 0 Å². The normalized spacial score (nSPS) is 10.8. The lowest BCUT2D eigenvalue weighted by atomic mass is 10.1. The Morgan fingerprint density at radius 3 is 2.33 bits per heavy atom. The summed E-state index contributed by atoms with van der Waals surface area (Å²) in [6.07, 6.45) is 3.60. The summed E-state index contributed by atoms with van der Waals surface area (Å²) < 4.78 is 0. The van der Waals surface area contributed by atoms with E-state index in [1.807, 2.05) is 6.07 Å². The second-order valence-corrected chi connectivity index (χ2v) is 7.32. The maximum absolute atomic E-state index is 6.72. The van der Waals surface area contributed by atoms with Crippen molar-refractivity contribution in [2.24, 2.45) is 0 Å². The van der Waals surface area contributed by atoms with Crippen molar-refractivity contribution in [1.82, 2.24) is 0 Å². The molecule has 0 spiro atoms. The van der Waals surface area contributed by atoms with Crippen molar-refractivity contribution >= 4 is 29.6 Å².